The van der Waals surface area contributed by atoms with Gasteiger partial charge in [0.25, 0.3) is 17.4 Å². The van der Waals surface area contributed by atoms with Crippen molar-refractivity contribution in [1.82, 2.24) is 4.57 Å². The number of pyridine rings is 1. The number of amides is 2. The lowest BCUT2D eigenvalue weighted by Crippen LogP contribution is -2.30. The second-order valence-electron chi connectivity index (χ2n) is 6.06. The molecule has 0 saturated carbocycles. The summed E-state index contributed by atoms with van der Waals surface area (Å²) >= 11 is 0. The Kier molecular flexibility index (Phi) is 4.94. The molecule has 2 amide bonds. The largest absolute Gasteiger partial charge is 0.506 e. The minimum absolute atomic E-state index is 0.111. The van der Waals surface area contributed by atoms with E-state index in [9.17, 15) is 19.5 Å². The zero-order valence-electron chi connectivity index (χ0n) is 14.7. The molecule has 3 rings (SSSR count). The van der Waals surface area contributed by atoms with Crippen LogP contribution in [0.1, 0.15) is 34.1 Å². The first kappa shape index (κ1) is 18.2. The summed E-state index contributed by atoms with van der Waals surface area (Å²) in [5, 5.41) is 13.5. The SMILES string of the molecule is CCCn1c(=O)c(C(=O)Nc2ccccc2C(N)=O)c(O)c2ccccc21. The Labute approximate surface area is 155 Å². The van der Waals surface area contributed by atoms with E-state index in [0.29, 0.717) is 23.9 Å². The van der Waals surface area contributed by atoms with Gasteiger partial charge in [0.2, 0.25) is 0 Å². The van der Waals surface area contributed by atoms with E-state index in [0.717, 1.165) is 0 Å². The molecule has 138 valence electrons. The van der Waals surface area contributed by atoms with Crippen molar-refractivity contribution < 1.29 is 14.7 Å². The molecule has 0 aliphatic heterocycles. The smallest absolute Gasteiger partial charge is 0.267 e. The predicted octanol–water partition coefficient (Wildman–Crippen LogP) is 2.47. The zero-order valence-corrected chi connectivity index (χ0v) is 14.7. The molecule has 4 N–H and O–H groups in total. The van der Waals surface area contributed by atoms with Crippen molar-refractivity contribution in [1.29, 1.82) is 0 Å². The van der Waals surface area contributed by atoms with Gasteiger partial charge in [0.15, 0.2) is 0 Å². The Bertz CT molecular complexity index is 1100. The van der Waals surface area contributed by atoms with Gasteiger partial charge in [-0.2, -0.15) is 0 Å². The molecule has 2 aromatic carbocycles. The summed E-state index contributed by atoms with van der Waals surface area (Å²) in [4.78, 5) is 37.2. The van der Waals surface area contributed by atoms with Crippen molar-refractivity contribution in [3.63, 3.8) is 0 Å². The number of rotatable bonds is 5. The second-order valence-corrected chi connectivity index (χ2v) is 6.06. The number of carbonyl (C=O) groups excluding carboxylic acids is 2. The molecule has 0 saturated heterocycles. The van der Waals surface area contributed by atoms with E-state index in [4.69, 9.17) is 5.73 Å². The number of fused-ring (bicyclic) bond motifs is 1. The monoisotopic (exact) mass is 365 g/mol. The van der Waals surface area contributed by atoms with E-state index in [1.807, 2.05) is 6.92 Å². The molecule has 0 radical (unpaired) electrons. The van der Waals surface area contributed by atoms with Crippen molar-refractivity contribution >= 4 is 28.4 Å². The molecule has 7 nitrogen and oxygen atoms in total. The van der Waals surface area contributed by atoms with Crippen LogP contribution in [-0.2, 0) is 6.54 Å². The van der Waals surface area contributed by atoms with E-state index < -0.39 is 23.1 Å². The standard InChI is InChI=1S/C20H19N3O4/c1-2-11-23-15-10-6-4-8-13(15)17(24)16(20(23)27)19(26)22-14-9-5-3-7-12(14)18(21)25/h3-10,24H,2,11H2,1H3,(H2,21,25)(H,22,26). The molecule has 0 spiro atoms. The average molecular weight is 365 g/mol. The highest BCUT2D eigenvalue weighted by Gasteiger charge is 2.23. The van der Waals surface area contributed by atoms with Crippen LogP contribution in [0.2, 0.25) is 0 Å². The molecular formula is C20H19N3O4. The fourth-order valence-corrected chi connectivity index (χ4v) is 3.03. The van der Waals surface area contributed by atoms with Crippen molar-refractivity contribution in [2.45, 2.75) is 19.9 Å². The van der Waals surface area contributed by atoms with Gasteiger partial charge in [0.1, 0.15) is 11.3 Å². The molecular weight excluding hydrogens is 346 g/mol. The number of primary amides is 1. The highest BCUT2D eigenvalue weighted by Crippen LogP contribution is 2.27. The van der Waals surface area contributed by atoms with Crippen LogP contribution in [0.5, 0.6) is 5.75 Å². The van der Waals surface area contributed by atoms with E-state index in [1.54, 1.807) is 36.4 Å². The quantitative estimate of drug-likeness (QED) is 0.644. The third kappa shape index (κ3) is 3.27. The first-order valence-electron chi connectivity index (χ1n) is 8.50. The summed E-state index contributed by atoms with van der Waals surface area (Å²) in [7, 11) is 0. The summed E-state index contributed by atoms with van der Waals surface area (Å²) in [6, 6.07) is 13.0. The maximum atomic E-state index is 12.9. The molecule has 0 fully saturated rings. The summed E-state index contributed by atoms with van der Waals surface area (Å²) in [6.45, 7) is 2.31. The van der Waals surface area contributed by atoms with Crippen molar-refractivity contribution in [2.24, 2.45) is 5.73 Å². The van der Waals surface area contributed by atoms with E-state index in [-0.39, 0.29) is 16.8 Å². The van der Waals surface area contributed by atoms with Crippen LogP contribution in [0.4, 0.5) is 5.69 Å². The third-order valence-corrected chi connectivity index (χ3v) is 4.26. The van der Waals surface area contributed by atoms with Crippen molar-refractivity contribution in [3.8, 4) is 5.75 Å². The maximum Gasteiger partial charge on any atom is 0.267 e. The summed E-state index contributed by atoms with van der Waals surface area (Å²) in [6.07, 6.45) is 0.681. The Balaban J connectivity index is 2.16. The molecule has 3 aromatic rings. The van der Waals surface area contributed by atoms with Crippen molar-refractivity contribution in [3.05, 3.63) is 70.0 Å². The number of hydrogen-bond donors (Lipinski definition) is 3. The van der Waals surface area contributed by atoms with Crippen LogP contribution in [0.25, 0.3) is 10.9 Å². The number of carbonyl (C=O) groups is 2. The van der Waals surface area contributed by atoms with Gasteiger partial charge in [0, 0.05) is 11.9 Å². The number of nitrogens with zero attached hydrogens (tertiary/aromatic N) is 1. The van der Waals surface area contributed by atoms with E-state index in [1.165, 1.54) is 16.7 Å². The zero-order chi connectivity index (χ0) is 19.6. The number of aromatic hydroxyl groups is 1. The first-order valence-corrected chi connectivity index (χ1v) is 8.50. The van der Waals surface area contributed by atoms with Gasteiger partial charge < -0.3 is 20.7 Å². The second kappa shape index (κ2) is 7.33. The summed E-state index contributed by atoms with van der Waals surface area (Å²) < 4.78 is 1.46. The Morgan fingerprint density at radius 2 is 1.78 bits per heavy atom. The van der Waals surface area contributed by atoms with E-state index >= 15 is 0 Å². The van der Waals surface area contributed by atoms with Gasteiger partial charge in [-0.15, -0.1) is 0 Å². The molecule has 0 aliphatic carbocycles. The molecule has 1 heterocycles. The summed E-state index contributed by atoms with van der Waals surface area (Å²) in [5.74, 6) is -1.91. The highest BCUT2D eigenvalue weighted by atomic mass is 16.3. The van der Waals surface area contributed by atoms with Gasteiger partial charge in [0.05, 0.1) is 16.8 Å². The first-order chi connectivity index (χ1) is 13.0. The molecule has 0 atom stereocenters. The lowest BCUT2D eigenvalue weighted by Gasteiger charge is -2.15. The van der Waals surface area contributed by atoms with Crippen LogP contribution >= 0.6 is 0 Å². The summed E-state index contributed by atoms with van der Waals surface area (Å²) in [5.41, 5.74) is 5.19. The number of nitrogens with one attached hydrogen (secondary N) is 1. The van der Waals surface area contributed by atoms with Gasteiger partial charge in [-0.25, -0.2) is 0 Å². The number of aromatic nitrogens is 1. The van der Waals surface area contributed by atoms with Crippen LogP contribution < -0.4 is 16.6 Å². The van der Waals surface area contributed by atoms with Crippen LogP contribution in [-0.4, -0.2) is 21.5 Å². The van der Waals surface area contributed by atoms with E-state index in [2.05, 4.69) is 5.32 Å². The molecule has 0 bridgehead atoms. The van der Waals surface area contributed by atoms with Crippen LogP contribution in [0.15, 0.2) is 53.3 Å². The molecule has 0 unspecified atom stereocenters. The number of anilines is 1. The number of benzene rings is 2. The Hall–Kier alpha value is -3.61. The molecule has 0 aliphatic rings. The number of nitrogens with two attached hydrogens (primary N) is 1. The van der Waals surface area contributed by atoms with Gasteiger partial charge in [-0.3, -0.25) is 14.4 Å². The minimum atomic E-state index is -0.804. The topological polar surface area (TPSA) is 114 Å². The number of para-hydroxylation sites is 2. The lowest BCUT2D eigenvalue weighted by atomic mass is 10.1. The predicted molar refractivity (Wildman–Crippen MR) is 103 cm³/mol. The van der Waals surface area contributed by atoms with Gasteiger partial charge in [-0.05, 0) is 30.7 Å². The normalized spacial score (nSPS) is 10.7. The fourth-order valence-electron chi connectivity index (χ4n) is 3.03. The molecule has 1 aromatic heterocycles. The number of hydrogen-bond acceptors (Lipinski definition) is 4. The maximum absolute atomic E-state index is 12.9. The molecule has 27 heavy (non-hydrogen) atoms. The Morgan fingerprint density at radius 3 is 2.48 bits per heavy atom. The van der Waals surface area contributed by atoms with Crippen LogP contribution in [0, 0.1) is 0 Å². The van der Waals surface area contributed by atoms with Crippen LogP contribution in [0.3, 0.4) is 0 Å². The lowest BCUT2D eigenvalue weighted by molar-refractivity contribution is 0.100. The highest BCUT2D eigenvalue weighted by molar-refractivity contribution is 6.11. The molecule has 7 heteroatoms. The van der Waals surface area contributed by atoms with Crippen molar-refractivity contribution in [2.75, 3.05) is 5.32 Å². The number of aryl methyl sites for hydroxylation is 1. The van der Waals surface area contributed by atoms with Gasteiger partial charge >= 0.3 is 0 Å². The third-order valence-electron chi connectivity index (χ3n) is 4.26. The Morgan fingerprint density at radius 1 is 1.11 bits per heavy atom. The fraction of sp³-hybridized carbons (Fsp3) is 0.150. The average Bonchev–Trinajstić information content (AvgIpc) is 2.65. The minimum Gasteiger partial charge on any atom is -0.506 e. The van der Waals surface area contributed by atoms with Gasteiger partial charge in [-0.1, -0.05) is 31.2 Å².